The molecule has 106 valence electrons. The van der Waals surface area contributed by atoms with E-state index < -0.39 is 11.5 Å². The molecule has 0 aliphatic rings. The van der Waals surface area contributed by atoms with Crippen LogP contribution >= 0.6 is 0 Å². The number of carbonyl (C=O) groups is 2. The Bertz CT molecular complexity index is 417. The number of carbonyl (C=O) groups excluding carboxylic acids is 2. The third kappa shape index (κ3) is 4.39. The van der Waals surface area contributed by atoms with Gasteiger partial charge in [0.2, 0.25) is 5.91 Å². The molecule has 0 bridgehead atoms. The number of esters is 1. The fraction of sp³-hybridized carbons (Fsp3) is 0.615. The number of ether oxygens (including phenoxy) is 1. The van der Waals surface area contributed by atoms with Gasteiger partial charge in [-0.1, -0.05) is 13.3 Å². The monoisotopic (exact) mass is 267 g/mol. The second-order valence-corrected chi connectivity index (χ2v) is 4.67. The molecular weight excluding hydrogens is 246 g/mol. The van der Waals surface area contributed by atoms with Crippen molar-refractivity contribution in [3.63, 3.8) is 0 Å². The molecule has 0 spiro atoms. The Morgan fingerprint density at radius 2 is 2.21 bits per heavy atom. The minimum absolute atomic E-state index is 0.171. The predicted octanol–water partition coefficient (Wildman–Crippen LogP) is 1.12. The molecule has 0 aliphatic heterocycles. The number of methoxy groups -OCH3 is 1. The van der Waals surface area contributed by atoms with Crippen LogP contribution in [0, 0.1) is 0 Å². The zero-order chi connectivity index (χ0) is 14.3. The highest BCUT2D eigenvalue weighted by molar-refractivity contribution is 5.87. The van der Waals surface area contributed by atoms with Crippen molar-refractivity contribution in [3.05, 3.63) is 18.7 Å². The lowest BCUT2D eigenvalue weighted by atomic mass is 9.96. The van der Waals surface area contributed by atoms with Crippen LogP contribution in [0.2, 0.25) is 0 Å². The van der Waals surface area contributed by atoms with Crippen LogP contribution in [-0.2, 0) is 20.9 Å². The Labute approximate surface area is 113 Å². The van der Waals surface area contributed by atoms with Gasteiger partial charge in [-0.3, -0.25) is 4.79 Å². The number of hydrogen-bond acceptors (Lipinski definition) is 4. The lowest BCUT2D eigenvalue weighted by Gasteiger charge is -2.27. The van der Waals surface area contributed by atoms with Gasteiger partial charge in [0.05, 0.1) is 13.4 Å². The molecule has 0 saturated heterocycles. The van der Waals surface area contributed by atoms with Crippen molar-refractivity contribution in [2.24, 2.45) is 0 Å². The van der Waals surface area contributed by atoms with Crippen molar-refractivity contribution in [1.82, 2.24) is 14.9 Å². The first-order valence-corrected chi connectivity index (χ1v) is 6.37. The van der Waals surface area contributed by atoms with E-state index in [-0.39, 0.29) is 5.91 Å². The van der Waals surface area contributed by atoms with E-state index in [1.54, 1.807) is 25.6 Å². The highest BCUT2D eigenvalue weighted by Crippen LogP contribution is 2.14. The van der Waals surface area contributed by atoms with Crippen LogP contribution < -0.4 is 5.32 Å². The standard InChI is InChI=1S/C13H21N3O3/c1-4-6-13(2,12(18)19-3)15-11(17)5-8-16-9-7-14-10-16/h7,9-10H,4-6,8H2,1-3H3,(H,15,17). The normalized spacial score (nSPS) is 13.6. The average Bonchev–Trinajstić information content (AvgIpc) is 2.88. The summed E-state index contributed by atoms with van der Waals surface area (Å²) in [6, 6.07) is 0. The molecule has 0 saturated carbocycles. The van der Waals surface area contributed by atoms with Crippen molar-refractivity contribution in [2.45, 2.75) is 45.2 Å². The van der Waals surface area contributed by atoms with Gasteiger partial charge >= 0.3 is 5.97 Å². The van der Waals surface area contributed by atoms with Gasteiger partial charge in [-0.2, -0.15) is 0 Å². The lowest BCUT2D eigenvalue weighted by Crippen LogP contribution is -2.52. The van der Waals surface area contributed by atoms with E-state index in [4.69, 9.17) is 4.74 Å². The van der Waals surface area contributed by atoms with Gasteiger partial charge < -0.3 is 14.6 Å². The fourth-order valence-corrected chi connectivity index (χ4v) is 1.96. The second kappa shape index (κ2) is 6.92. The van der Waals surface area contributed by atoms with Gasteiger partial charge in [-0.25, -0.2) is 9.78 Å². The molecule has 6 heteroatoms. The molecule has 6 nitrogen and oxygen atoms in total. The number of amides is 1. The van der Waals surface area contributed by atoms with E-state index in [2.05, 4.69) is 10.3 Å². The van der Waals surface area contributed by atoms with E-state index in [1.165, 1.54) is 7.11 Å². The average molecular weight is 267 g/mol. The molecule has 1 aromatic heterocycles. The molecule has 1 atom stereocenters. The zero-order valence-electron chi connectivity index (χ0n) is 11.7. The van der Waals surface area contributed by atoms with E-state index >= 15 is 0 Å². The van der Waals surface area contributed by atoms with Crippen LogP contribution in [0.25, 0.3) is 0 Å². The van der Waals surface area contributed by atoms with Gasteiger partial charge in [-0.05, 0) is 13.3 Å². The fourth-order valence-electron chi connectivity index (χ4n) is 1.96. The number of aromatic nitrogens is 2. The minimum Gasteiger partial charge on any atom is -0.467 e. The van der Waals surface area contributed by atoms with Crippen LogP contribution in [0.1, 0.15) is 33.1 Å². The molecule has 1 amide bonds. The summed E-state index contributed by atoms with van der Waals surface area (Å²) >= 11 is 0. The molecule has 0 radical (unpaired) electrons. The molecule has 1 unspecified atom stereocenters. The molecular formula is C13H21N3O3. The molecule has 19 heavy (non-hydrogen) atoms. The lowest BCUT2D eigenvalue weighted by molar-refractivity contribution is -0.150. The second-order valence-electron chi connectivity index (χ2n) is 4.67. The number of nitrogens with zero attached hydrogens (tertiary/aromatic N) is 2. The minimum atomic E-state index is -0.949. The summed E-state index contributed by atoms with van der Waals surface area (Å²) in [5.41, 5.74) is -0.949. The molecule has 0 aliphatic carbocycles. The summed E-state index contributed by atoms with van der Waals surface area (Å²) in [6.07, 6.45) is 6.74. The number of imidazole rings is 1. The van der Waals surface area contributed by atoms with Gasteiger partial charge in [0, 0.05) is 25.4 Å². The van der Waals surface area contributed by atoms with Crippen LogP contribution in [0.3, 0.4) is 0 Å². The highest BCUT2D eigenvalue weighted by Gasteiger charge is 2.34. The summed E-state index contributed by atoms with van der Waals surface area (Å²) in [7, 11) is 1.33. The summed E-state index contributed by atoms with van der Waals surface area (Å²) in [4.78, 5) is 27.5. The van der Waals surface area contributed by atoms with Crippen LogP contribution in [0.4, 0.5) is 0 Å². The van der Waals surface area contributed by atoms with Crippen molar-refractivity contribution in [2.75, 3.05) is 7.11 Å². The number of aryl methyl sites for hydroxylation is 1. The maximum absolute atomic E-state index is 11.9. The Balaban J connectivity index is 2.53. The zero-order valence-corrected chi connectivity index (χ0v) is 11.7. The largest absolute Gasteiger partial charge is 0.467 e. The summed E-state index contributed by atoms with van der Waals surface area (Å²) in [6.45, 7) is 4.19. The third-order valence-electron chi connectivity index (χ3n) is 2.96. The maximum Gasteiger partial charge on any atom is 0.331 e. The Hall–Kier alpha value is -1.85. The molecule has 1 N–H and O–H groups in total. The van der Waals surface area contributed by atoms with Gasteiger partial charge in [0.25, 0.3) is 0 Å². The Morgan fingerprint density at radius 3 is 2.74 bits per heavy atom. The Morgan fingerprint density at radius 1 is 1.47 bits per heavy atom. The smallest absolute Gasteiger partial charge is 0.331 e. The van der Waals surface area contributed by atoms with E-state index in [0.717, 1.165) is 6.42 Å². The summed E-state index contributed by atoms with van der Waals surface area (Å²) in [5.74, 6) is -0.583. The SMILES string of the molecule is CCCC(C)(NC(=O)CCn1ccnc1)C(=O)OC. The highest BCUT2D eigenvalue weighted by atomic mass is 16.5. The maximum atomic E-state index is 11.9. The molecule has 1 rings (SSSR count). The molecule has 0 fully saturated rings. The van der Waals surface area contributed by atoms with Gasteiger partial charge in [0.15, 0.2) is 0 Å². The van der Waals surface area contributed by atoms with Gasteiger partial charge in [-0.15, -0.1) is 0 Å². The van der Waals surface area contributed by atoms with E-state index in [1.807, 2.05) is 11.5 Å². The van der Waals surface area contributed by atoms with Crippen molar-refractivity contribution < 1.29 is 14.3 Å². The number of hydrogen-bond donors (Lipinski definition) is 1. The molecule has 1 heterocycles. The van der Waals surface area contributed by atoms with Crippen LogP contribution in [0.5, 0.6) is 0 Å². The van der Waals surface area contributed by atoms with Crippen LogP contribution in [0.15, 0.2) is 18.7 Å². The number of rotatable bonds is 7. The topological polar surface area (TPSA) is 73.2 Å². The van der Waals surface area contributed by atoms with Crippen LogP contribution in [-0.4, -0.2) is 34.1 Å². The first-order chi connectivity index (χ1) is 9.01. The first-order valence-electron chi connectivity index (χ1n) is 6.37. The summed E-state index contributed by atoms with van der Waals surface area (Å²) < 4.78 is 6.56. The quantitative estimate of drug-likeness (QED) is 0.751. The molecule has 1 aromatic rings. The Kier molecular flexibility index (Phi) is 5.54. The third-order valence-corrected chi connectivity index (χ3v) is 2.96. The summed E-state index contributed by atoms with van der Waals surface area (Å²) in [5, 5.41) is 2.76. The van der Waals surface area contributed by atoms with Crippen molar-refractivity contribution in [1.29, 1.82) is 0 Å². The van der Waals surface area contributed by atoms with Crippen molar-refractivity contribution >= 4 is 11.9 Å². The first kappa shape index (κ1) is 15.2. The molecule has 0 aromatic carbocycles. The predicted molar refractivity (Wildman–Crippen MR) is 70.3 cm³/mol. The van der Waals surface area contributed by atoms with Crippen molar-refractivity contribution in [3.8, 4) is 0 Å². The number of nitrogens with one attached hydrogen (secondary N) is 1. The van der Waals surface area contributed by atoms with E-state index in [9.17, 15) is 9.59 Å². The van der Waals surface area contributed by atoms with Gasteiger partial charge in [0.1, 0.15) is 5.54 Å². The van der Waals surface area contributed by atoms with E-state index in [0.29, 0.717) is 19.4 Å².